The van der Waals surface area contributed by atoms with Gasteiger partial charge in [0.05, 0.1) is 0 Å². The van der Waals surface area contributed by atoms with Crippen LogP contribution in [0, 0.1) is 0 Å². The van der Waals surface area contributed by atoms with Gasteiger partial charge in [0.15, 0.2) is 6.10 Å². The lowest BCUT2D eigenvalue weighted by Crippen LogP contribution is -2.30. The number of esters is 3. The number of ether oxygens (including phenoxy) is 3. The van der Waals surface area contributed by atoms with Gasteiger partial charge < -0.3 is 14.2 Å². The van der Waals surface area contributed by atoms with Crippen LogP contribution >= 0.6 is 0 Å². The van der Waals surface area contributed by atoms with Gasteiger partial charge in [0.25, 0.3) is 0 Å². The Balaban J connectivity index is 4.19. The fourth-order valence-corrected chi connectivity index (χ4v) is 8.80. The quantitative estimate of drug-likeness (QED) is 0.0261. The third-order valence-corrected chi connectivity index (χ3v) is 13.4. The van der Waals surface area contributed by atoms with E-state index >= 15 is 0 Å². The Morgan fingerprint density at radius 2 is 0.535 bits per heavy atom. The summed E-state index contributed by atoms with van der Waals surface area (Å²) in [5, 5.41) is 0. The normalized spacial score (nSPS) is 12.4. The lowest BCUT2D eigenvalue weighted by Gasteiger charge is -2.18. The highest BCUT2D eigenvalue weighted by atomic mass is 16.6. The SMILES string of the molecule is CCC/C=C\CCCCCCCC(=O)OCC(COC(=O)CCCCCCCCCCCCCCCCC/C=C\C/C=C\CCCCCCC)OC(=O)CCCCCCC/C=C\C/C=C\CCCCCC. The third-order valence-electron chi connectivity index (χ3n) is 13.4. The molecule has 0 radical (unpaired) electrons. The highest BCUT2D eigenvalue weighted by Gasteiger charge is 2.19. The Hall–Kier alpha value is -2.89. The number of rotatable bonds is 56. The summed E-state index contributed by atoms with van der Waals surface area (Å²) in [6.07, 6.45) is 75.2. The highest BCUT2D eigenvalue weighted by Crippen LogP contribution is 2.16. The molecule has 6 nitrogen and oxygen atoms in total. The molecule has 0 amide bonds. The Morgan fingerprint density at radius 3 is 0.859 bits per heavy atom. The van der Waals surface area contributed by atoms with E-state index in [1.165, 1.54) is 173 Å². The molecule has 0 aromatic heterocycles. The zero-order valence-corrected chi connectivity index (χ0v) is 47.2. The Labute approximate surface area is 440 Å². The fourth-order valence-electron chi connectivity index (χ4n) is 8.80. The van der Waals surface area contributed by atoms with Crippen LogP contribution in [0.4, 0.5) is 0 Å². The molecule has 412 valence electrons. The summed E-state index contributed by atoms with van der Waals surface area (Å²) >= 11 is 0. The molecule has 0 bridgehead atoms. The van der Waals surface area contributed by atoms with Crippen molar-refractivity contribution in [1.29, 1.82) is 0 Å². The van der Waals surface area contributed by atoms with Crippen LogP contribution in [0.25, 0.3) is 0 Å². The van der Waals surface area contributed by atoms with Crippen LogP contribution in [0.15, 0.2) is 60.8 Å². The van der Waals surface area contributed by atoms with Crippen molar-refractivity contribution in [2.45, 2.75) is 322 Å². The maximum absolute atomic E-state index is 12.8. The molecule has 0 aliphatic heterocycles. The van der Waals surface area contributed by atoms with Crippen LogP contribution in [0.1, 0.15) is 316 Å². The van der Waals surface area contributed by atoms with Gasteiger partial charge in [-0.2, -0.15) is 0 Å². The van der Waals surface area contributed by atoms with E-state index in [9.17, 15) is 14.4 Å². The molecule has 0 rings (SSSR count). The Bertz CT molecular complexity index is 1280. The fraction of sp³-hybridized carbons (Fsp3) is 0.800. The Morgan fingerprint density at radius 1 is 0.282 bits per heavy atom. The van der Waals surface area contributed by atoms with E-state index in [1.807, 2.05) is 0 Å². The number of carbonyl (C=O) groups is 3. The van der Waals surface area contributed by atoms with Gasteiger partial charge in [-0.05, 0) is 103 Å². The zero-order chi connectivity index (χ0) is 51.4. The molecular formula is C65H116O6. The van der Waals surface area contributed by atoms with Crippen molar-refractivity contribution >= 4 is 17.9 Å². The number of carbonyl (C=O) groups excluding carboxylic acids is 3. The predicted octanol–water partition coefficient (Wildman–Crippen LogP) is 20.8. The van der Waals surface area contributed by atoms with E-state index in [4.69, 9.17) is 14.2 Å². The molecule has 0 aliphatic rings. The largest absolute Gasteiger partial charge is 0.462 e. The van der Waals surface area contributed by atoms with Gasteiger partial charge in [0.1, 0.15) is 13.2 Å². The summed E-state index contributed by atoms with van der Waals surface area (Å²) in [5.74, 6) is -0.894. The highest BCUT2D eigenvalue weighted by molar-refractivity contribution is 5.71. The van der Waals surface area contributed by atoms with Gasteiger partial charge in [0, 0.05) is 19.3 Å². The van der Waals surface area contributed by atoms with Crippen molar-refractivity contribution in [2.75, 3.05) is 13.2 Å². The lowest BCUT2D eigenvalue weighted by atomic mass is 10.0. The molecule has 0 fully saturated rings. The smallest absolute Gasteiger partial charge is 0.306 e. The van der Waals surface area contributed by atoms with Crippen LogP contribution in [0.5, 0.6) is 0 Å². The standard InChI is InChI=1S/C65H116O6/c1-4-7-10-13-16-19-22-24-26-28-29-30-31-32-33-34-35-36-37-38-40-41-43-46-49-52-55-58-64(67)70-61-62(60-69-63(66)57-54-51-48-45-21-18-15-12-9-6-3)71-65(68)59-56-53-50-47-44-42-39-27-25-23-20-17-14-11-8-5-2/h12,15,20,22-24,27-29,39,62H,4-11,13-14,16-19,21,25-26,30-38,40-61H2,1-3H3/b15-12-,23-20-,24-22-,29-28-,39-27-. The molecule has 1 atom stereocenters. The van der Waals surface area contributed by atoms with Gasteiger partial charge in [0.2, 0.25) is 0 Å². The molecule has 6 heteroatoms. The van der Waals surface area contributed by atoms with Gasteiger partial charge in [-0.25, -0.2) is 0 Å². The minimum Gasteiger partial charge on any atom is -0.462 e. The molecule has 0 aromatic rings. The third kappa shape index (κ3) is 57.9. The van der Waals surface area contributed by atoms with E-state index in [-0.39, 0.29) is 31.1 Å². The minimum atomic E-state index is -0.783. The minimum absolute atomic E-state index is 0.0809. The van der Waals surface area contributed by atoms with Crippen LogP contribution in [0.2, 0.25) is 0 Å². The molecule has 0 N–H and O–H groups in total. The average molecular weight is 994 g/mol. The summed E-state index contributed by atoms with van der Waals surface area (Å²) in [6.45, 7) is 6.56. The van der Waals surface area contributed by atoms with Crippen molar-refractivity contribution in [1.82, 2.24) is 0 Å². The number of hydrogen-bond donors (Lipinski definition) is 0. The second-order valence-corrected chi connectivity index (χ2v) is 20.6. The Kier molecular flexibility index (Phi) is 57.2. The first-order chi connectivity index (χ1) is 35.0. The first-order valence-electron chi connectivity index (χ1n) is 30.8. The van der Waals surface area contributed by atoms with Gasteiger partial charge in [-0.15, -0.1) is 0 Å². The van der Waals surface area contributed by atoms with Gasteiger partial charge in [-0.1, -0.05) is 255 Å². The van der Waals surface area contributed by atoms with Crippen LogP contribution in [-0.2, 0) is 28.6 Å². The monoisotopic (exact) mass is 993 g/mol. The first-order valence-corrected chi connectivity index (χ1v) is 30.8. The van der Waals surface area contributed by atoms with Crippen LogP contribution in [0.3, 0.4) is 0 Å². The van der Waals surface area contributed by atoms with E-state index in [1.54, 1.807) is 0 Å². The number of hydrogen-bond acceptors (Lipinski definition) is 6. The molecular weight excluding hydrogens is 877 g/mol. The van der Waals surface area contributed by atoms with Crippen LogP contribution in [-0.4, -0.2) is 37.2 Å². The van der Waals surface area contributed by atoms with Crippen molar-refractivity contribution in [3.8, 4) is 0 Å². The molecule has 1 unspecified atom stereocenters. The first kappa shape index (κ1) is 68.1. The van der Waals surface area contributed by atoms with E-state index in [0.29, 0.717) is 19.3 Å². The summed E-state index contributed by atoms with van der Waals surface area (Å²) in [5.41, 5.74) is 0. The summed E-state index contributed by atoms with van der Waals surface area (Å²) in [7, 11) is 0. The van der Waals surface area contributed by atoms with Crippen molar-refractivity contribution in [3.63, 3.8) is 0 Å². The zero-order valence-electron chi connectivity index (χ0n) is 47.2. The average Bonchev–Trinajstić information content (AvgIpc) is 3.37. The molecule has 71 heavy (non-hydrogen) atoms. The second kappa shape index (κ2) is 59.7. The van der Waals surface area contributed by atoms with Gasteiger partial charge in [-0.3, -0.25) is 14.4 Å². The molecule has 0 aliphatic carbocycles. The molecule has 0 saturated heterocycles. The maximum Gasteiger partial charge on any atom is 0.306 e. The summed E-state index contributed by atoms with van der Waals surface area (Å²) in [4.78, 5) is 38.1. The summed E-state index contributed by atoms with van der Waals surface area (Å²) in [6, 6.07) is 0. The number of allylic oxidation sites excluding steroid dienone is 10. The maximum atomic E-state index is 12.8. The predicted molar refractivity (Wildman–Crippen MR) is 307 cm³/mol. The molecule has 0 saturated carbocycles. The van der Waals surface area contributed by atoms with E-state index < -0.39 is 6.10 Å². The molecule has 0 aromatic carbocycles. The van der Waals surface area contributed by atoms with Crippen molar-refractivity contribution in [2.24, 2.45) is 0 Å². The van der Waals surface area contributed by atoms with E-state index in [2.05, 4.69) is 81.5 Å². The topological polar surface area (TPSA) is 78.9 Å². The van der Waals surface area contributed by atoms with Crippen LogP contribution < -0.4 is 0 Å². The van der Waals surface area contributed by atoms with Crippen molar-refractivity contribution in [3.05, 3.63) is 60.8 Å². The van der Waals surface area contributed by atoms with Gasteiger partial charge >= 0.3 is 17.9 Å². The number of unbranched alkanes of at least 4 members (excludes halogenated alkanes) is 35. The lowest BCUT2D eigenvalue weighted by molar-refractivity contribution is -0.167. The van der Waals surface area contributed by atoms with Crippen molar-refractivity contribution < 1.29 is 28.6 Å². The summed E-state index contributed by atoms with van der Waals surface area (Å²) < 4.78 is 16.8. The molecule has 0 heterocycles. The molecule has 0 spiro atoms. The van der Waals surface area contributed by atoms with E-state index in [0.717, 1.165) is 103 Å². The second-order valence-electron chi connectivity index (χ2n) is 20.6.